The number of esters is 1. The number of urea groups is 2. The number of rotatable bonds is 29. The molecule has 10 N–H and O–H groups in total. The molecule has 21 heteroatoms. The molecule has 8 amide bonds. The molecule has 0 aromatic rings. The Kier molecular flexibility index (Phi) is 19.9. The number of hydrogen-bond acceptors (Lipinski definition) is 13. The number of hydrogen-bond donors (Lipinski definition) is 9. The molecule has 0 bridgehead atoms. The lowest BCUT2D eigenvalue weighted by Gasteiger charge is -2.22. The highest BCUT2D eigenvalue weighted by molar-refractivity contribution is 8.00. The highest BCUT2D eigenvalue weighted by Gasteiger charge is 2.43. The summed E-state index contributed by atoms with van der Waals surface area (Å²) in [6.07, 6.45) is 7.84. The first-order valence-corrected chi connectivity index (χ1v) is 24.5. The van der Waals surface area contributed by atoms with Gasteiger partial charge in [0.25, 0.3) is 0 Å². The number of carbonyl (C=O) groups excluding carboxylic acids is 9. The molecule has 346 valence electrons. The summed E-state index contributed by atoms with van der Waals surface area (Å²) in [7, 11) is 0. The monoisotopic (exact) mass is 907 g/mol. The van der Waals surface area contributed by atoms with Crippen molar-refractivity contribution >= 4 is 76.8 Å². The van der Waals surface area contributed by atoms with Crippen LogP contribution in [-0.2, 0) is 38.3 Å². The summed E-state index contributed by atoms with van der Waals surface area (Å²) in [4.78, 5) is 110. The first-order valence-electron chi connectivity index (χ1n) is 22.4. The Morgan fingerprint density at radius 1 is 0.629 bits per heavy atom. The van der Waals surface area contributed by atoms with Crippen molar-refractivity contribution in [2.75, 3.05) is 31.1 Å². The quantitative estimate of drug-likeness (QED) is 0.0215. The van der Waals surface area contributed by atoms with Crippen LogP contribution in [0, 0.1) is 0 Å². The van der Waals surface area contributed by atoms with E-state index in [2.05, 4.69) is 42.5 Å². The molecule has 8 unspecified atom stereocenters. The maximum atomic E-state index is 13.5. The van der Waals surface area contributed by atoms with Gasteiger partial charge in [-0.05, 0) is 77.2 Å². The number of primary amides is 1. The Morgan fingerprint density at radius 3 is 1.66 bits per heavy atom. The molecule has 8 atom stereocenters. The zero-order valence-corrected chi connectivity index (χ0v) is 37.1. The van der Waals surface area contributed by atoms with Gasteiger partial charge in [-0.2, -0.15) is 23.5 Å². The summed E-state index contributed by atoms with van der Waals surface area (Å²) < 4.78 is 5.09. The largest absolute Gasteiger partial charge is 0.446 e. The van der Waals surface area contributed by atoms with Gasteiger partial charge in [-0.1, -0.05) is 12.8 Å². The molecular formula is C41H65N9O10S2. The number of carbonyl (C=O) groups is 9. The molecule has 5 rings (SSSR count). The van der Waals surface area contributed by atoms with Crippen LogP contribution < -0.4 is 48.3 Å². The zero-order valence-electron chi connectivity index (χ0n) is 35.4. The van der Waals surface area contributed by atoms with Gasteiger partial charge < -0.3 is 53.0 Å². The third-order valence-corrected chi connectivity index (χ3v) is 15.0. The summed E-state index contributed by atoms with van der Waals surface area (Å²) in [6.45, 7) is 1.08. The van der Waals surface area contributed by atoms with Crippen LogP contribution in [0.25, 0.3) is 0 Å². The molecule has 4 aliphatic heterocycles. The minimum absolute atomic E-state index is 0.0472. The van der Waals surface area contributed by atoms with Gasteiger partial charge in [0.15, 0.2) is 11.6 Å². The fourth-order valence-electron chi connectivity index (χ4n) is 8.53. The fraction of sp³-hybridized carbons (Fsp3) is 0.780. The summed E-state index contributed by atoms with van der Waals surface area (Å²) in [5, 5.41) is 24.3. The molecule has 1 saturated carbocycles. The lowest BCUT2D eigenvalue weighted by Crippen LogP contribution is -2.52. The second-order valence-corrected chi connectivity index (χ2v) is 19.3. The van der Waals surface area contributed by atoms with Gasteiger partial charge >= 0.3 is 18.0 Å². The number of ketones is 2. The highest BCUT2D eigenvalue weighted by Crippen LogP contribution is 2.34. The topological polar surface area (TPSA) is 285 Å². The Hall–Kier alpha value is -4.11. The molecule has 62 heavy (non-hydrogen) atoms. The van der Waals surface area contributed by atoms with Gasteiger partial charge in [-0.25, -0.2) is 9.59 Å². The van der Waals surface area contributed by atoms with E-state index in [4.69, 9.17) is 10.5 Å². The maximum Gasteiger partial charge on any atom is 0.315 e. The Balaban J connectivity index is 0.966. The van der Waals surface area contributed by atoms with Crippen LogP contribution in [0.2, 0.25) is 0 Å². The van der Waals surface area contributed by atoms with Crippen LogP contribution >= 0.6 is 23.5 Å². The van der Waals surface area contributed by atoms with Gasteiger partial charge in [0.05, 0.1) is 30.2 Å². The molecule has 0 radical (unpaired) electrons. The Labute approximate surface area is 371 Å². The van der Waals surface area contributed by atoms with E-state index >= 15 is 0 Å². The summed E-state index contributed by atoms with van der Waals surface area (Å²) >= 11 is 3.70. The number of Topliss-reactive ketones (excluding diaryl/α,β-unsaturated/α-hetero) is 2. The van der Waals surface area contributed by atoms with Gasteiger partial charge in [-0.15, -0.1) is 0 Å². The van der Waals surface area contributed by atoms with Crippen LogP contribution in [0.4, 0.5) is 9.59 Å². The SMILES string of the molecule is NC(=O)C(CCCCNC(=O)CCCCC1SCC2NC(=O)NC21)NC(=O)C(CCCCNC(=O)CCCCC1SCC2NC(=O)NC21)NCCCC(=O)OC1C(=O)CCC1=O. The van der Waals surface area contributed by atoms with E-state index in [9.17, 15) is 43.2 Å². The maximum absolute atomic E-state index is 13.5. The lowest BCUT2D eigenvalue weighted by atomic mass is 10.0. The van der Waals surface area contributed by atoms with E-state index in [1.807, 2.05) is 23.5 Å². The average molecular weight is 908 g/mol. The van der Waals surface area contributed by atoms with Crippen molar-refractivity contribution in [1.82, 2.24) is 42.5 Å². The number of amides is 8. The van der Waals surface area contributed by atoms with E-state index in [1.54, 1.807) is 0 Å². The van der Waals surface area contributed by atoms with E-state index in [0.717, 1.165) is 50.0 Å². The minimum Gasteiger partial charge on any atom is -0.446 e. The molecule has 4 saturated heterocycles. The van der Waals surface area contributed by atoms with Crippen molar-refractivity contribution in [2.24, 2.45) is 5.73 Å². The number of fused-ring (bicyclic) bond motifs is 2. The minimum atomic E-state index is -1.34. The average Bonchev–Trinajstić information content (AvgIpc) is 4.05. The number of nitrogens with two attached hydrogens (primary N) is 1. The van der Waals surface area contributed by atoms with Crippen molar-refractivity contribution in [3.8, 4) is 0 Å². The molecule has 5 fully saturated rings. The normalized spacial score (nSPS) is 24.9. The Bertz CT molecular complexity index is 1610. The van der Waals surface area contributed by atoms with Crippen LogP contribution in [0.5, 0.6) is 0 Å². The molecule has 4 heterocycles. The third-order valence-electron chi connectivity index (χ3n) is 12.0. The molecule has 0 aromatic carbocycles. The van der Waals surface area contributed by atoms with E-state index < -0.39 is 47.5 Å². The Morgan fingerprint density at radius 2 is 1.15 bits per heavy atom. The molecule has 1 aliphatic carbocycles. The van der Waals surface area contributed by atoms with E-state index in [0.29, 0.717) is 68.5 Å². The lowest BCUT2D eigenvalue weighted by molar-refractivity contribution is -0.157. The molecular weight excluding hydrogens is 843 g/mol. The van der Waals surface area contributed by atoms with Crippen LogP contribution in [-0.4, -0.2) is 137 Å². The summed E-state index contributed by atoms with van der Waals surface area (Å²) in [5.41, 5.74) is 5.68. The van der Waals surface area contributed by atoms with E-state index in [-0.39, 0.29) is 86.7 Å². The van der Waals surface area contributed by atoms with Crippen molar-refractivity contribution in [1.29, 1.82) is 0 Å². The summed E-state index contributed by atoms with van der Waals surface area (Å²) in [6, 6.07) is -1.25. The van der Waals surface area contributed by atoms with Gasteiger partial charge in [0.2, 0.25) is 29.7 Å². The predicted molar refractivity (Wildman–Crippen MR) is 233 cm³/mol. The number of ether oxygens (including phenoxy) is 1. The van der Waals surface area contributed by atoms with Crippen LogP contribution in [0.3, 0.4) is 0 Å². The number of nitrogens with one attached hydrogen (secondary N) is 8. The first-order chi connectivity index (χ1) is 29.9. The molecule has 0 aromatic heterocycles. The smallest absolute Gasteiger partial charge is 0.315 e. The van der Waals surface area contributed by atoms with Crippen molar-refractivity contribution in [3.63, 3.8) is 0 Å². The fourth-order valence-corrected chi connectivity index (χ4v) is 11.6. The van der Waals surface area contributed by atoms with Gasteiger partial charge in [0.1, 0.15) is 6.04 Å². The van der Waals surface area contributed by atoms with Crippen LogP contribution in [0.15, 0.2) is 0 Å². The van der Waals surface area contributed by atoms with Gasteiger partial charge in [-0.3, -0.25) is 33.6 Å². The molecule has 0 spiro atoms. The van der Waals surface area contributed by atoms with Crippen molar-refractivity contribution in [3.05, 3.63) is 0 Å². The second-order valence-electron chi connectivity index (χ2n) is 16.8. The highest BCUT2D eigenvalue weighted by atomic mass is 32.2. The third kappa shape index (κ3) is 15.6. The van der Waals surface area contributed by atoms with Gasteiger partial charge in [0, 0.05) is 67.2 Å². The van der Waals surface area contributed by atoms with Crippen molar-refractivity contribution < 1.29 is 47.9 Å². The standard InChI is InChI=1S/C41H65N9O10S2/c42-38(56)24(10-5-7-19-44-32(53)14-3-1-12-30-35-26(22-61-30)47-40(58)49-35)46-39(57)25(43-21-9-16-34(55)60-37-28(51)17-18-29(37)52)11-6-8-20-45-33(54)15-4-2-13-31-36-27(23-62-31)48-41(59)50-36/h24-27,30-31,35-37,43H,1-23H2,(H2,42,56)(H,44,53)(H,45,54)(H,46,57)(H2,47,49,58)(H2,48,50,59). The number of thioether (sulfide) groups is 2. The molecule has 5 aliphatic rings. The van der Waals surface area contributed by atoms with Crippen LogP contribution in [0.1, 0.15) is 116 Å². The zero-order chi connectivity index (χ0) is 44.4. The first kappa shape index (κ1) is 48.9. The van der Waals surface area contributed by atoms with Crippen molar-refractivity contribution in [2.45, 2.75) is 168 Å². The van der Waals surface area contributed by atoms with E-state index in [1.165, 1.54) is 0 Å². The number of unbranched alkanes of at least 4 members (excludes halogenated alkanes) is 4. The summed E-state index contributed by atoms with van der Waals surface area (Å²) in [5.74, 6) is -0.906. The second kappa shape index (κ2) is 25.3. The predicted octanol–water partition coefficient (Wildman–Crippen LogP) is 0.563. The molecule has 19 nitrogen and oxygen atoms in total.